The predicted molar refractivity (Wildman–Crippen MR) is 72.8 cm³/mol. The van der Waals surface area contributed by atoms with E-state index in [4.69, 9.17) is 4.74 Å². The molecule has 1 rings (SSSR count). The molecule has 6 heteroatoms. The van der Waals surface area contributed by atoms with Gasteiger partial charge in [0.2, 0.25) is 5.88 Å². The molecule has 1 heterocycles. The van der Waals surface area contributed by atoms with Crippen LogP contribution in [0.5, 0.6) is 5.88 Å². The first kappa shape index (κ1) is 14.8. The van der Waals surface area contributed by atoms with Gasteiger partial charge in [0.05, 0.1) is 24.2 Å². The lowest BCUT2D eigenvalue weighted by molar-refractivity contribution is 0.327. The third-order valence-electron chi connectivity index (χ3n) is 2.43. The zero-order chi connectivity index (χ0) is 13.4. The number of rotatable bonds is 8. The molecule has 0 aliphatic heterocycles. The van der Waals surface area contributed by atoms with Crippen molar-refractivity contribution in [3.63, 3.8) is 0 Å². The van der Waals surface area contributed by atoms with Crippen molar-refractivity contribution in [1.29, 1.82) is 0 Å². The summed E-state index contributed by atoms with van der Waals surface area (Å²) in [6.07, 6.45) is 2.28. The molecule has 0 aliphatic carbocycles. The van der Waals surface area contributed by atoms with Crippen molar-refractivity contribution < 1.29 is 13.2 Å². The van der Waals surface area contributed by atoms with Gasteiger partial charge in [-0.25, -0.2) is 13.4 Å². The lowest BCUT2D eigenvalue weighted by Crippen LogP contribution is -2.13. The number of anilines is 1. The Morgan fingerprint density at radius 1 is 1.33 bits per heavy atom. The van der Waals surface area contributed by atoms with Crippen LogP contribution in [0.15, 0.2) is 18.3 Å². The van der Waals surface area contributed by atoms with Gasteiger partial charge in [-0.05, 0) is 19.4 Å². The Balaban J connectivity index is 2.31. The highest BCUT2D eigenvalue weighted by molar-refractivity contribution is 7.91. The molecule has 0 aromatic carbocycles. The van der Waals surface area contributed by atoms with Crippen molar-refractivity contribution in [3.8, 4) is 5.88 Å². The molecule has 1 aromatic rings. The molecule has 0 fully saturated rings. The molecule has 0 saturated carbocycles. The Morgan fingerprint density at radius 2 is 2.11 bits per heavy atom. The highest BCUT2D eigenvalue weighted by Gasteiger charge is 2.06. The number of pyridine rings is 1. The van der Waals surface area contributed by atoms with E-state index in [2.05, 4.69) is 10.3 Å². The number of nitrogens with one attached hydrogen (secondary N) is 1. The molecule has 0 saturated heterocycles. The van der Waals surface area contributed by atoms with Crippen molar-refractivity contribution in [2.45, 2.75) is 20.3 Å². The summed E-state index contributed by atoms with van der Waals surface area (Å²) in [6, 6.07) is 3.65. The average Bonchev–Trinajstić information content (AvgIpc) is 2.37. The Labute approximate surface area is 108 Å². The summed E-state index contributed by atoms with van der Waals surface area (Å²) >= 11 is 0. The van der Waals surface area contributed by atoms with E-state index in [-0.39, 0.29) is 11.5 Å². The molecule has 0 bridgehead atoms. The van der Waals surface area contributed by atoms with E-state index >= 15 is 0 Å². The van der Waals surface area contributed by atoms with Crippen LogP contribution < -0.4 is 10.1 Å². The van der Waals surface area contributed by atoms with Gasteiger partial charge in [-0.15, -0.1) is 0 Å². The van der Waals surface area contributed by atoms with Crippen molar-refractivity contribution >= 4 is 15.5 Å². The SMILES string of the molecule is CCOc1ccc(NCCCS(=O)(=O)CC)cn1. The molecule has 0 aliphatic rings. The summed E-state index contributed by atoms with van der Waals surface area (Å²) < 4.78 is 27.8. The van der Waals surface area contributed by atoms with Crippen LogP contribution >= 0.6 is 0 Å². The number of ether oxygens (including phenoxy) is 1. The molecule has 0 spiro atoms. The van der Waals surface area contributed by atoms with Crippen LogP contribution in [0.1, 0.15) is 20.3 Å². The average molecular weight is 272 g/mol. The molecule has 18 heavy (non-hydrogen) atoms. The minimum Gasteiger partial charge on any atom is -0.478 e. The first-order valence-corrected chi connectivity index (χ1v) is 7.92. The summed E-state index contributed by atoms with van der Waals surface area (Å²) in [6.45, 7) is 4.78. The fourth-order valence-corrected chi connectivity index (χ4v) is 2.26. The maximum absolute atomic E-state index is 11.3. The monoisotopic (exact) mass is 272 g/mol. The molecule has 0 amide bonds. The maximum atomic E-state index is 11.3. The minimum absolute atomic E-state index is 0.206. The topological polar surface area (TPSA) is 68.3 Å². The smallest absolute Gasteiger partial charge is 0.213 e. The van der Waals surface area contributed by atoms with Gasteiger partial charge in [0.25, 0.3) is 0 Å². The van der Waals surface area contributed by atoms with Crippen LogP contribution in [-0.2, 0) is 9.84 Å². The van der Waals surface area contributed by atoms with Crippen LogP contribution in [0.25, 0.3) is 0 Å². The third kappa shape index (κ3) is 5.35. The van der Waals surface area contributed by atoms with Gasteiger partial charge in [-0.3, -0.25) is 0 Å². The number of hydrogen-bond donors (Lipinski definition) is 1. The van der Waals surface area contributed by atoms with Crippen molar-refractivity contribution in [1.82, 2.24) is 4.98 Å². The fourth-order valence-electron chi connectivity index (χ4n) is 1.39. The Kier molecular flexibility index (Phi) is 5.91. The molecule has 0 unspecified atom stereocenters. The van der Waals surface area contributed by atoms with Gasteiger partial charge in [-0.1, -0.05) is 6.92 Å². The van der Waals surface area contributed by atoms with Gasteiger partial charge in [-0.2, -0.15) is 0 Å². The van der Waals surface area contributed by atoms with Gasteiger partial charge < -0.3 is 10.1 Å². The number of hydrogen-bond acceptors (Lipinski definition) is 5. The molecule has 0 atom stereocenters. The summed E-state index contributed by atoms with van der Waals surface area (Å²) in [5, 5.41) is 3.13. The van der Waals surface area contributed by atoms with Gasteiger partial charge in [0.15, 0.2) is 0 Å². The number of nitrogens with zero attached hydrogens (tertiary/aromatic N) is 1. The summed E-state index contributed by atoms with van der Waals surface area (Å²) in [7, 11) is -2.86. The van der Waals surface area contributed by atoms with Crippen molar-refractivity contribution in [2.75, 3.05) is 30.0 Å². The van der Waals surface area contributed by atoms with Crippen LogP contribution in [0.2, 0.25) is 0 Å². The summed E-state index contributed by atoms with van der Waals surface area (Å²) in [4.78, 5) is 4.11. The molecule has 0 radical (unpaired) electrons. The van der Waals surface area contributed by atoms with E-state index in [1.165, 1.54) is 0 Å². The zero-order valence-corrected chi connectivity index (χ0v) is 11.7. The Bertz CT molecular complexity index is 443. The van der Waals surface area contributed by atoms with Gasteiger partial charge in [0.1, 0.15) is 9.84 Å². The van der Waals surface area contributed by atoms with Crippen LogP contribution in [0.4, 0.5) is 5.69 Å². The molecule has 1 N–H and O–H groups in total. The maximum Gasteiger partial charge on any atom is 0.213 e. The van der Waals surface area contributed by atoms with E-state index < -0.39 is 9.84 Å². The number of aromatic nitrogens is 1. The largest absolute Gasteiger partial charge is 0.478 e. The molecule has 5 nitrogen and oxygen atoms in total. The Hall–Kier alpha value is -1.30. The summed E-state index contributed by atoms with van der Waals surface area (Å²) in [5.41, 5.74) is 0.868. The van der Waals surface area contributed by atoms with Crippen molar-refractivity contribution in [3.05, 3.63) is 18.3 Å². The standard InChI is InChI=1S/C12H20N2O3S/c1-3-17-12-7-6-11(10-14-12)13-8-5-9-18(15,16)4-2/h6-7,10,13H,3-5,8-9H2,1-2H3. The van der Waals surface area contributed by atoms with E-state index in [0.717, 1.165) is 5.69 Å². The molecular weight excluding hydrogens is 252 g/mol. The third-order valence-corrected chi connectivity index (χ3v) is 4.22. The lowest BCUT2D eigenvalue weighted by Gasteiger charge is -2.07. The predicted octanol–water partition coefficient (Wildman–Crippen LogP) is 1.72. The molecule has 102 valence electrons. The zero-order valence-electron chi connectivity index (χ0n) is 10.8. The van der Waals surface area contributed by atoms with E-state index in [9.17, 15) is 8.42 Å². The molecular formula is C12H20N2O3S. The van der Waals surface area contributed by atoms with Crippen LogP contribution in [0, 0.1) is 0 Å². The first-order valence-electron chi connectivity index (χ1n) is 6.10. The van der Waals surface area contributed by atoms with E-state index in [0.29, 0.717) is 25.5 Å². The highest BCUT2D eigenvalue weighted by atomic mass is 32.2. The highest BCUT2D eigenvalue weighted by Crippen LogP contribution is 2.11. The minimum atomic E-state index is -2.86. The second kappa shape index (κ2) is 7.20. The van der Waals surface area contributed by atoms with Crippen LogP contribution in [-0.4, -0.2) is 38.1 Å². The van der Waals surface area contributed by atoms with Gasteiger partial charge in [0, 0.05) is 18.4 Å². The van der Waals surface area contributed by atoms with Crippen LogP contribution in [0.3, 0.4) is 0 Å². The normalized spacial score (nSPS) is 11.2. The van der Waals surface area contributed by atoms with Gasteiger partial charge >= 0.3 is 0 Å². The van der Waals surface area contributed by atoms with E-state index in [1.807, 2.05) is 13.0 Å². The second-order valence-corrected chi connectivity index (χ2v) is 6.31. The van der Waals surface area contributed by atoms with E-state index in [1.54, 1.807) is 19.2 Å². The first-order chi connectivity index (χ1) is 8.57. The Morgan fingerprint density at radius 3 is 2.67 bits per heavy atom. The second-order valence-electron chi connectivity index (χ2n) is 3.83. The molecule has 1 aromatic heterocycles. The fraction of sp³-hybridized carbons (Fsp3) is 0.583. The summed E-state index contributed by atoms with van der Waals surface area (Å²) in [5.74, 6) is 1.02. The quantitative estimate of drug-likeness (QED) is 0.730. The lowest BCUT2D eigenvalue weighted by atomic mass is 10.4. The number of sulfone groups is 1. The van der Waals surface area contributed by atoms with Crippen molar-refractivity contribution in [2.24, 2.45) is 0 Å².